The van der Waals surface area contributed by atoms with Crippen molar-refractivity contribution >= 4 is 29.6 Å². The minimum atomic E-state index is -1.31. The molecule has 0 rings (SSSR count). The Morgan fingerprint density at radius 3 is 1.76 bits per heavy atom. The maximum absolute atomic E-state index is 12.7. The van der Waals surface area contributed by atoms with Gasteiger partial charge in [-0.05, 0) is 18.8 Å². The van der Waals surface area contributed by atoms with Crippen molar-refractivity contribution < 1.29 is 29.1 Å². The second-order valence-corrected chi connectivity index (χ2v) is 7.46. The summed E-state index contributed by atoms with van der Waals surface area (Å²) in [6, 6.07) is -4.44. The van der Waals surface area contributed by atoms with E-state index in [-0.39, 0.29) is 11.8 Å². The van der Waals surface area contributed by atoms with E-state index >= 15 is 0 Å². The summed E-state index contributed by atoms with van der Waals surface area (Å²) in [6.07, 6.45) is 0.0212. The van der Waals surface area contributed by atoms with Gasteiger partial charge in [-0.1, -0.05) is 34.1 Å². The Labute approximate surface area is 170 Å². The molecule has 0 bridgehead atoms. The maximum Gasteiger partial charge on any atom is 0.326 e. The summed E-state index contributed by atoms with van der Waals surface area (Å²) in [4.78, 5) is 59.8. The van der Waals surface area contributed by atoms with E-state index in [1.54, 1.807) is 27.7 Å². The second-order valence-electron chi connectivity index (χ2n) is 7.46. The van der Waals surface area contributed by atoms with Crippen molar-refractivity contribution in [2.24, 2.45) is 23.3 Å². The average Bonchev–Trinajstić information content (AvgIpc) is 2.61. The highest BCUT2D eigenvalue weighted by molar-refractivity contribution is 5.96. The van der Waals surface area contributed by atoms with Gasteiger partial charge in [-0.15, -0.1) is 0 Å². The van der Waals surface area contributed by atoms with Crippen LogP contribution in [0.5, 0.6) is 0 Å². The molecule has 0 aromatic rings. The average molecular weight is 415 g/mol. The molecule has 0 aromatic heterocycles. The van der Waals surface area contributed by atoms with Gasteiger partial charge in [0.1, 0.15) is 18.1 Å². The van der Waals surface area contributed by atoms with Gasteiger partial charge in [0.2, 0.25) is 23.6 Å². The molecule has 5 atom stereocenters. The van der Waals surface area contributed by atoms with Crippen molar-refractivity contribution in [3.63, 3.8) is 0 Å². The van der Waals surface area contributed by atoms with Gasteiger partial charge in [-0.2, -0.15) is 0 Å². The quantitative estimate of drug-likeness (QED) is 0.222. The number of primary amides is 1. The van der Waals surface area contributed by atoms with Gasteiger partial charge in [0, 0.05) is 0 Å². The highest BCUT2D eigenvalue weighted by Crippen LogP contribution is 2.11. The summed E-state index contributed by atoms with van der Waals surface area (Å²) in [5.41, 5.74) is 10.6. The van der Waals surface area contributed by atoms with Gasteiger partial charge in [0.15, 0.2) is 0 Å². The molecule has 11 nitrogen and oxygen atoms in total. The number of hydrogen-bond donors (Lipinski definition) is 6. The second kappa shape index (κ2) is 12.0. The largest absolute Gasteiger partial charge is 0.480 e. The molecule has 0 spiro atoms. The molecule has 29 heavy (non-hydrogen) atoms. The molecule has 0 aromatic carbocycles. The lowest BCUT2D eigenvalue weighted by atomic mass is 9.96. The Morgan fingerprint density at radius 2 is 1.38 bits per heavy atom. The van der Waals surface area contributed by atoms with Gasteiger partial charge >= 0.3 is 5.97 Å². The van der Waals surface area contributed by atoms with Crippen molar-refractivity contribution in [1.82, 2.24) is 16.0 Å². The van der Waals surface area contributed by atoms with Crippen molar-refractivity contribution in [2.45, 2.75) is 71.6 Å². The number of nitrogens with two attached hydrogens (primary N) is 2. The third kappa shape index (κ3) is 8.90. The van der Waals surface area contributed by atoms with E-state index in [2.05, 4.69) is 16.0 Å². The van der Waals surface area contributed by atoms with Crippen LogP contribution < -0.4 is 27.4 Å². The predicted octanol–water partition coefficient (Wildman–Crippen LogP) is -1.55. The van der Waals surface area contributed by atoms with Crippen LogP contribution in [-0.2, 0) is 24.0 Å². The third-order valence-corrected chi connectivity index (χ3v) is 4.48. The topological polar surface area (TPSA) is 194 Å². The number of carboxylic acids is 1. The van der Waals surface area contributed by atoms with E-state index in [9.17, 15) is 29.1 Å². The number of carbonyl (C=O) groups is 5. The van der Waals surface area contributed by atoms with E-state index in [0.717, 1.165) is 0 Å². The fraction of sp³-hybridized carbons (Fsp3) is 0.722. The highest BCUT2D eigenvalue weighted by atomic mass is 16.4. The van der Waals surface area contributed by atoms with Crippen molar-refractivity contribution in [3.8, 4) is 0 Å². The predicted molar refractivity (Wildman–Crippen MR) is 105 cm³/mol. The minimum absolute atomic E-state index is 0.348. The number of aliphatic carboxylic acids is 1. The molecule has 4 amide bonds. The molecule has 5 unspecified atom stereocenters. The Morgan fingerprint density at radius 1 is 0.862 bits per heavy atom. The zero-order valence-corrected chi connectivity index (χ0v) is 17.5. The lowest BCUT2D eigenvalue weighted by molar-refractivity contribution is -0.144. The summed E-state index contributed by atoms with van der Waals surface area (Å²) in [6.45, 7) is 8.19. The Hall–Kier alpha value is -2.69. The number of carboxylic acid groups (broad SMARTS) is 1. The summed E-state index contributed by atoms with van der Waals surface area (Å²) in [5, 5.41) is 16.5. The fourth-order valence-corrected chi connectivity index (χ4v) is 2.43. The van der Waals surface area contributed by atoms with Crippen LogP contribution in [0, 0.1) is 11.8 Å². The molecule has 0 radical (unpaired) electrons. The number of carbonyl (C=O) groups excluding carboxylic acids is 4. The first-order valence-electron chi connectivity index (χ1n) is 9.49. The van der Waals surface area contributed by atoms with Crippen LogP contribution >= 0.6 is 0 Å². The van der Waals surface area contributed by atoms with Gasteiger partial charge < -0.3 is 32.5 Å². The highest BCUT2D eigenvalue weighted by Gasteiger charge is 2.33. The summed E-state index contributed by atoms with van der Waals surface area (Å²) in [7, 11) is 0. The molecule has 8 N–H and O–H groups in total. The van der Waals surface area contributed by atoms with E-state index in [1.165, 1.54) is 6.92 Å². The standard InChI is InChI=1S/C18H33N5O6/c1-6-9(4)14(17(27)22-13(8(2)3)18(28)29)23-16(26)11(7-12(20)24)21-15(25)10(5)19/h8-11,13-14H,6-7,19H2,1-5H3,(H2,20,24)(H,21,25)(H,22,27)(H,23,26)(H,28,29). The van der Waals surface area contributed by atoms with E-state index in [0.29, 0.717) is 6.42 Å². The van der Waals surface area contributed by atoms with E-state index in [1.807, 2.05) is 0 Å². The first-order chi connectivity index (χ1) is 13.3. The Kier molecular flexibility index (Phi) is 10.9. The SMILES string of the molecule is CCC(C)C(NC(=O)C(CC(N)=O)NC(=O)C(C)N)C(=O)NC(C(=O)O)C(C)C. The Bertz CT molecular complexity index is 622. The molecule has 166 valence electrons. The van der Waals surface area contributed by atoms with Crippen LogP contribution in [0.1, 0.15) is 47.5 Å². The molecule has 0 heterocycles. The fourth-order valence-electron chi connectivity index (χ4n) is 2.43. The molecule has 0 saturated carbocycles. The first-order valence-corrected chi connectivity index (χ1v) is 9.49. The van der Waals surface area contributed by atoms with Crippen LogP contribution in [0.15, 0.2) is 0 Å². The van der Waals surface area contributed by atoms with Crippen LogP contribution in [0.3, 0.4) is 0 Å². The number of hydrogen-bond acceptors (Lipinski definition) is 6. The molecular formula is C18H33N5O6. The normalized spacial score (nSPS) is 16.1. The molecule has 0 aliphatic rings. The smallest absolute Gasteiger partial charge is 0.326 e. The van der Waals surface area contributed by atoms with Gasteiger partial charge in [-0.25, -0.2) is 4.79 Å². The Balaban J connectivity index is 5.52. The lowest BCUT2D eigenvalue weighted by Gasteiger charge is -2.28. The minimum Gasteiger partial charge on any atom is -0.480 e. The number of nitrogens with one attached hydrogen (secondary N) is 3. The number of rotatable bonds is 12. The molecule has 0 saturated heterocycles. The van der Waals surface area contributed by atoms with Crippen LogP contribution in [0.4, 0.5) is 0 Å². The molecule has 11 heteroatoms. The van der Waals surface area contributed by atoms with Crippen LogP contribution in [-0.4, -0.2) is 58.9 Å². The first kappa shape index (κ1) is 26.3. The van der Waals surface area contributed by atoms with Crippen LogP contribution in [0.2, 0.25) is 0 Å². The van der Waals surface area contributed by atoms with Crippen molar-refractivity contribution in [2.75, 3.05) is 0 Å². The summed E-state index contributed by atoms with van der Waals surface area (Å²) >= 11 is 0. The third-order valence-electron chi connectivity index (χ3n) is 4.48. The molecule has 0 aliphatic carbocycles. The lowest BCUT2D eigenvalue weighted by Crippen LogP contribution is -2.59. The molecule has 0 aliphatic heterocycles. The zero-order chi connectivity index (χ0) is 22.9. The van der Waals surface area contributed by atoms with Crippen LogP contribution in [0.25, 0.3) is 0 Å². The summed E-state index contributed by atoms with van der Waals surface area (Å²) < 4.78 is 0. The van der Waals surface area contributed by atoms with Crippen molar-refractivity contribution in [1.29, 1.82) is 0 Å². The van der Waals surface area contributed by atoms with Crippen molar-refractivity contribution in [3.05, 3.63) is 0 Å². The van der Waals surface area contributed by atoms with Gasteiger partial charge in [0.05, 0.1) is 12.5 Å². The van der Waals surface area contributed by atoms with Gasteiger partial charge in [0.25, 0.3) is 0 Å². The summed E-state index contributed by atoms with van der Waals surface area (Å²) in [5.74, 6) is -4.89. The molecular weight excluding hydrogens is 382 g/mol. The zero-order valence-electron chi connectivity index (χ0n) is 17.5. The maximum atomic E-state index is 12.7. The van der Waals surface area contributed by atoms with E-state index in [4.69, 9.17) is 11.5 Å². The van der Waals surface area contributed by atoms with E-state index < -0.39 is 60.2 Å². The monoisotopic (exact) mass is 415 g/mol. The molecule has 0 fully saturated rings. The number of amides is 4. The van der Waals surface area contributed by atoms with Gasteiger partial charge in [-0.3, -0.25) is 19.2 Å².